The number of fused-ring (bicyclic) bond motifs is 1. The van der Waals surface area contributed by atoms with E-state index in [2.05, 4.69) is 10.2 Å². The fourth-order valence-corrected chi connectivity index (χ4v) is 5.17. The monoisotopic (exact) mass is 480 g/mol. The van der Waals surface area contributed by atoms with Gasteiger partial charge in [0.25, 0.3) is 0 Å². The van der Waals surface area contributed by atoms with E-state index < -0.39 is 0 Å². The van der Waals surface area contributed by atoms with Gasteiger partial charge in [-0.1, -0.05) is 54.1 Å². The van der Waals surface area contributed by atoms with Crippen molar-refractivity contribution >= 4 is 33.8 Å². The molecule has 0 aliphatic carbocycles. The van der Waals surface area contributed by atoms with Crippen molar-refractivity contribution in [3.8, 4) is 11.3 Å². The molecule has 0 spiro atoms. The molecule has 8 heteroatoms. The number of benzene rings is 2. The highest BCUT2D eigenvalue weighted by atomic mass is 35.5. The molecule has 1 aliphatic heterocycles. The molecule has 1 N–H and O–H groups in total. The zero-order valence-electron chi connectivity index (χ0n) is 18.1. The largest absolute Gasteiger partial charge is 0.379 e. The lowest BCUT2D eigenvalue weighted by molar-refractivity contribution is -0.120. The number of hydrogen-bond acceptors (Lipinski definition) is 5. The van der Waals surface area contributed by atoms with Crippen LogP contribution in [-0.4, -0.2) is 53.0 Å². The molecule has 1 atom stereocenters. The van der Waals surface area contributed by atoms with Gasteiger partial charge in [0.05, 0.1) is 31.4 Å². The Balaban J connectivity index is 1.28. The quantitative estimate of drug-likeness (QED) is 0.424. The fraction of sp³-hybridized carbons (Fsp3) is 0.280. The number of carbonyl (C=O) groups is 1. The second-order valence-electron chi connectivity index (χ2n) is 8.07. The van der Waals surface area contributed by atoms with E-state index in [-0.39, 0.29) is 11.9 Å². The number of rotatable bonds is 7. The number of aromatic nitrogens is 2. The molecule has 2 aromatic heterocycles. The number of morpholine rings is 1. The van der Waals surface area contributed by atoms with Crippen LogP contribution >= 0.6 is 22.9 Å². The number of nitrogens with zero attached hydrogens (tertiary/aromatic N) is 3. The topological polar surface area (TPSA) is 58.9 Å². The Morgan fingerprint density at radius 3 is 2.64 bits per heavy atom. The Morgan fingerprint density at radius 2 is 1.88 bits per heavy atom. The van der Waals surface area contributed by atoms with Crippen molar-refractivity contribution in [3.05, 3.63) is 82.5 Å². The first kappa shape index (κ1) is 22.1. The van der Waals surface area contributed by atoms with Gasteiger partial charge in [-0.3, -0.25) is 14.1 Å². The summed E-state index contributed by atoms with van der Waals surface area (Å²) in [4.78, 5) is 20.9. The van der Waals surface area contributed by atoms with Crippen LogP contribution in [0.1, 0.15) is 17.3 Å². The minimum atomic E-state index is -0.00289. The first-order chi connectivity index (χ1) is 16.2. The molecule has 6 nitrogen and oxygen atoms in total. The molecule has 0 bridgehead atoms. The minimum Gasteiger partial charge on any atom is -0.379 e. The highest BCUT2D eigenvalue weighted by Gasteiger charge is 2.23. The summed E-state index contributed by atoms with van der Waals surface area (Å²) in [6.45, 7) is 3.62. The van der Waals surface area contributed by atoms with E-state index in [0.29, 0.717) is 31.2 Å². The fourth-order valence-electron chi connectivity index (χ4n) is 4.17. The Hall–Kier alpha value is -2.71. The summed E-state index contributed by atoms with van der Waals surface area (Å²) in [6.07, 6.45) is 2.31. The Morgan fingerprint density at radius 1 is 1.12 bits per heavy atom. The molecule has 5 rings (SSSR count). The maximum Gasteiger partial charge on any atom is 0.226 e. The van der Waals surface area contributed by atoms with Gasteiger partial charge in [0, 0.05) is 47.5 Å². The van der Waals surface area contributed by atoms with E-state index in [9.17, 15) is 4.79 Å². The lowest BCUT2D eigenvalue weighted by atomic mass is 10.0. The summed E-state index contributed by atoms with van der Waals surface area (Å²) in [5.74, 6) is -0.00289. The van der Waals surface area contributed by atoms with Crippen molar-refractivity contribution < 1.29 is 9.53 Å². The summed E-state index contributed by atoms with van der Waals surface area (Å²) >= 11 is 7.64. The normalized spacial score (nSPS) is 15.5. The Labute approximate surface area is 201 Å². The predicted octanol–water partition coefficient (Wildman–Crippen LogP) is 4.45. The van der Waals surface area contributed by atoms with E-state index in [1.807, 2.05) is 70.6 Å². The van der Waals surface area contributed by atoms with E-state index in [0.717, 1.165) is 40.6 Å². The van der Waals surface area contributed by atoms with Crippen LogP contribution in [0.3, 0.4) is 0 Å². The number of nitrogens with one attached hydrogen (secondary N) is 1. The molecule has 1 saturated heterocycles. The predicted molar refractivity (Wildman–Crippen MR) is 132 cm³/mol. The third-order valence-electron chi connectivity index (χ3n) is 5.93. The Kier molecular flexibility index (Phi) is 6.73. The molecule has 33 heavy (non-hydrogen) atoms. The van der Waals surface area contributed by atoms with Crippen LogP contribution < -0.4 is 5.32 Å². The van der Waals surface area contributed by atoms with Gasteiger partial charge in [0.2, 0.25) is 5.91 Å². The van der Waals surface area contributed by atoms with E-state index in [1.54, 1.807) is 11.3 Å². The zero-order valence-corrected chi connectivity index (χ0v) is 19.7. The third kappa shape index (κ3) is 5.12. The standard InChI is InChI=1S/C25H25ClN4O2S/c26-20-8-6-19(7-9-20)23(29-10-12-32-13-11-29)15-27-24(31)14-21-17-33-25-28-22(16-30(21)25)18-4-2-1-3-5-18/h1-9,16-17,23H,10-15H2,(H,27,31). The highest BCUT2D eigenvalue weighted by molar-refractivity contribution is 7.15. The van der Waals surface area contributed by atoms with Crippen molar-refractivity contribution in [2.75, 3.05) is 32.8 Å². The third-order valence-corrected chi connectivity index (χ3v) is 7.07. The first-order valence-corrected chi connectivity index (χ1v) is 12.3. The highest BCUT2D eigenvalue weighted by Crippen LogP contribution is 2.25. The van der Waals surface area contributed by atoms with Crippen molar-refractivity contribution in [2.24, 2.45) is 0 Å². The van der Waals surface area contributed by atoms with Crippen LogP contribution in [0.5, 0.6) is 0 Å². The molecule has 1 aliphatic rings. The summed E-state index contributed by atoms with van der Waals surface area (Å²) in [7, 11) is 0. The zero-order chi connectivity index (χ0) is 22.6. The number of hydrogen-bond donors (Lipinski definition) is 1. The number of amides is 1. The van der Waals surface area contributed by atoms with Gasteiger partial charge in [-0.05, 0) is 17.7 Å². The van der Waals surface area contributed by atoms with Crippen LogP contribution in [0.4, 0.5) is 0 Å². The number of carbonyl (C=O) groups excluding carboxylic acids is 1. The molecule has 1 unspecified atom stereocenters. The molecular formula is C25H25ClN4O2S. The van der Waals surface area contributed by atoms with Gasteiger partial charge in [-0.25, -0.2) is 4.98 Å². The summed E-state index contributed by atoms with van der Waals surface area (Å²) in [5, 5.41) is 5.87. The number of ether oxygens (including phenoxy) is 1. The van der Waals surface area contributed by atoms with Crippen molar-refractivity contribution in [1.29, 1.82) is 0 Å². The molecule has 1 amide bonds. The minimum absolute atomic E-state index is 0.00289. The smallest absolute Gasteiger partial charge is 0.226 e. The molecule has 170 valence electrons. The number of thiazole rings is 1. The number of imidazole rings is 1. The molecule has 0 saturated carbocycles. The second-order valence-corrected chi connectivity index (χ2v) is 9.34. The average molecular weight is 481 g/mol. The van der Waals surface area contributed by atoms with Crippen LogP contribution in [0.2, 0.25) is 5.02 Å². The van der Waals surface area contributed by atoms with Gasteiger partial charge in [-0.2, -0.15) is 0 Å². The maximum atomic E-state index is 12.9. The molecule has 0 radical (unpaired) electrons. The van der Waals surface area contributed by atoms with Crippen LogP contribution in [0.15, 0.2) is 66.2 Å². The molecule has 4 aromatic rings. The second kappa shape index (κ2) is 10.1. The lowest BCUT2D eigenvalue weighted by Crippen LogP contribution is -2.44. The van der Waals surface area contributed by atoms with E-state index >= 15 is 0 Å². The Bertz CT molecular complexity index is 1220. The average Bonchev–Trinajstić information content (AvgIpc) is 3.44. The van der Waals surface area contributed by atoms with Crippen molar-refractivity contribution in [3.63, 3.8) is 0 Å². The maximum absolute atomic E-state index is 12.9. The SMILES string of the molecule is O=C(Cc1csc2nc(-c3ccccc3)cn12)NCC(c1ccc(Cl)cc1)N1CCOCC1. The van der Waals surface area contributed by atoms with Gasteiger partial charge in [0.15, 0.2) is 4.96 Å². The van der Waals surface area contributed by atoms with Crippen LogP contribution in [0.25, 0.3) is 16.2 Å². The van der Waals surface area contributed by atoms with Gasteiger partial charge in [-0.15, -0.1) is 11.3 Å². The molecule has 1 fully saturated rings. The summed E-state index contributed by atoms with van der Waals surface area (Å²) < 4.78 is 7.54. The lowest BCUT2D eigenvalue weighted by Gasteiger charge is -2.35. The first-order valence-electron chi connectivity index (χ1n) is 11.0. The van der Waals surface area contributed by atoms with Crippen LogP contribution in [0, 0.1) is 0 Å². The molecular weight excluding hydrogens is 456 g/mol. The number of halogens is 1. The summed E-state index contributed by atoms with van der Waals surface area (Å²) in [5.41, 5.74) is 4.07. The van der Waals surface area contributed by atoms with Gasteiger partial charge in [0.1, 0.15) is 0 Å². The molecule has 2 aromatic carbocycles. The van der Waals surface area contributed by atoms with Crippen molar-refractivity contribution in [1.82, 2.24) is 19.6 Å². The van der Waals surface area contributed by atoms with Gasteiger partial charge < -0.3 is 10.1 Å². The van der Waals surface area contributed by atoms with E-state index in [4.69, 9.17) is 21.3 Å². The van der Waals surface area contributed by atoms with E-state index in [1.165, 1.54) is 0 Å². The van der Waals surface area contributed by atoms with Gasteiger partial charge >= 0.3 is 0 Å². The summed E-state index contributed by atoms with van der Waals surface area (Å²) in [6, 6.07) is 18.0. The molecule has 3 heterocycles. The van der Waals surface area contributed by atoms with Crippen molar-refractivity contribution in [2.45, 2.75) is 12.5 Å². The van der Waals surface area contributed by atoms with Crippen LogP contribution in [-0.2, 0) is 16.0 Å².